The molecule has 1 heterocycles. The van der Waals surface area contributed by atoms with Crippen molar-refractivity contribution >= 4 is 23.1 Å². The average Bonchev–Trinajstić information content (AvgIpc) is 3.09. The highest BCUT2D eigenvalue weighted by atomic mass is 16.2. The van der Waals surface area contributed by atoms with E-state index in [0.29, 0.717) is 18.2 Å². The molecule has 1 saturated carbocycles. The lowest BCUT2D eigenvalue weighted by atomic mass is 10.1. The van der Waals surface area contributed by atoms with Gasteiger partial charge in [-0.05, 0) is 25.0 Å². The summed E-state index contributed by atoms with van der Waals surface area (Å²) in [4.78, 5) is 22.7. The van der Waals surface area contributed by atoms with Gasteiger partial charge in [-0.2, -0.15) is 0 Å². The molecule has 2 aromatic rings. The molecule has 0 radical (unpaired) electrons. The number of benzene rings is 1. The van der Waals surface area contributed by atoms with Gasteiger partial charge in [0.1, 0.15) is 6.54 Å². The van der Waals surface area contributed by atoms with Crippen LogP contribution in [0.15, 0.2) is 30.5 Å². The third-order valence-corrected chi connectivity index (χ3v) is 3.23. The highest BCUT2D eigenvalue weighted by Gasteiger charge is 2.23. The van der Waals surface area contributed by atoms with E-state index in [1.165, 1.54) is 0 Å². The molecule has 1 aromatic heterocycles. The zero-order valence-corrected chi connectivity index (χ0v) is 9.93. The Balaban J connectivity index is 1.87. The van der Waals surface area contributed by atoms with Gasteiger partial charge in [0.15, 0.2) is 6.29 Å². The number of nitrogens with one attached hydrogen (secondary N) is 1. The fourth-order valence-electron chi connectivity index (χ4n) is 2.14. The molecule has 0 spiro atoms. The van der Waals surface area contributed by atoms with Crippen molar-refractivity contribution in [2.24, 2.45) is 0 Å². The van der Waals surface area contributed by atoms with Crippen LogP contribution in [0.1, 0.15) is 23.2 Å². The summed E-state index contributed by atoms with van der Waals surface area (Å²) < 4.78 is 1.88. The summed E-state index contributed by atoms with van der Waals surface area (Å²) in [6.07, 6.45) is 4.88. The molecule has 3 rings (SSSR count). The van der Waals surface area contributed by atoms with E-state index < -0.39 is 0 Å². The van der Waals surface area contributed by atoms with E-state index >= 15 is 0 Å². The third kappa shape index (κ3) is 2.01. The van der Waals surface area contributed by atoms with Crippen molar-refractivity contribution in [3.63, 3.8) is 0 Å². The van der Waals surface area contributed by atoms with Crippen LogP contribution in [0.25, 0.3) is 10.9 Å². The van der Waals surface area contributed by atoms with Crippen LogP contribution in [0.3, 0.4) is 0 Å². The van der Waals surface area contributed by atoms with Crippen molar-refractivity contribution in [2.75, 3.05) is 0 Å². The minimum Gasteiger partial charge on any atom is -0.352 e. The number of amides is 1. The first-order chi connectivity index (χ1) is 8.78. The maximum Gasteiger partial charge on any atom is 0.240 e. The molecule has 0 aliphatic heterocycles. The van der Waals surface area contributed by atoms with E-state index in [2.05, 4.69) is 5.32 Å². The number of nitrogens with zero attached hydrogens (tertiary/aromatic N) is 1. The summed E-state index contributed by atoms with van der Waals surface area (Å²) in [5.74, 6) is 0.0338. The van der Waals surface area contributed by atoms with Gasteiger partial charge >= 0.3 is 0 Å². The van der Waals surface area contributed by atoms with E-state index in [4.69, 9.17) is 0 Å². The second kappa shape index (κ2) is 4.29. The Hall–Kier alpha value is -2.10. The fraction of sp³-hybridized carbons (Fsp3) is 0.286. The standard InChI is InChI=1S/C14H14N2O2/c17-9-10-2-1-3-13-12(10)6-7-16(13)8-14(18)15-11-4-5-11/h1-3,6-7,9,11H,4-5,8H2,(H,15,18). The molecule has 0 unspecified atom stereocenters. The van der Waals surface area contributed by atoms with Crippen molar-refractivity contribution in [1.82, 2.24) is 9.88 Å². The second-order valence-corrected chi connectivity index (χ2v) is 4.68. The highest BCUT2D eigenvalue weighted by molar-refractivity contribution is 5.97. The summed E-state index contributed by atoms with van der Waals surface area (Å²) in [5.41, 5.74) is 1.58. The van der Waals surface area contributed by atoms with Crippen LogP contribution < -0.4 is 5.32 Å². The van der Waals surface area contributed by atoms with Crippen LogP contribution in [0.4, 0.5) is 0 Å². The first-order valence-corrected chi connectivity index (χ1v) is 6.10. The Morgan fingerprint density at radius 1 is 1.39 bits per heavy atom. The first-order valence-electron chi connectivity index (χ1n) is 6.10. The molecule has 1 aliphatic rings. The molecule has 1 aromatic carbocycles. The normalized spacial score (nSPS) is 14.7. The molecule has 1 fully saturated rings. The molecule has 4 heteroatoms. The predicted octanol–water partition coefficient (Wildman–Crippen LogP) is 1.73. The van der Waals surface area contributed by atoms with Gasteiger partial charge in [-0.3, -0.25) is 9.59 Å². The lowest BCUT2D eigenvalue weighted by Gasteiger charge is -2.06. The lowest BCUT2D eigenvalue weighted by molar-refractivity contribution is -0.121. The molecule has 0 atom stereocenters. The first kappa shape index (κ1) is 11.0. The van der Waals surface area contributed by atoms with Gasteiger partial charge in [0.2, 0.25) is 5.91 Å². The largest absolute Gasteiger partial charge is 0.352 e. The molecule has 1 aliphatic carbocycles. The minimum atomic E-state index is 0.0338. The number of carbonyl (C=O) groups is 2. The van der Waals surface area contributed by atoms with Crippen LogP contribution in [0, 0.1) is 0 Å². The number of hydrogen-bond donors (Lipinski definition) is 1. The number of fused-ring (bicyclic) bond motifs is 1. The Morgan fingerprint density at radius 2 is 2.22 bits per heavy atom. The Morgan fingerprint density at radius 3 is 2.94 bits per heavy atom. The van der Waals surface area contributed by atoms with Crippen molar-refractivity contribution in [3.8, 4) is 0 Å². The van der Waals surface area contributed by atoms with Gasteiger partial charge in [-0.1, -0.05) is 12.1 Å². The molecule has 4 nitrogen and oxygen atoms in total. The maximum absolute atomic E-state index is 11.8. The van der Waals surface area contributed by atoms with Gasteiger partial charge < -0.3 is 9.88 Å². The van der Waals surface area contributed by atoms with Crippen molar-refractivity contribution < 1.29 is 9.59 Å². The zero-order valence-electron chi connectivity index (χ0n) is 9.93. The van der Waals surface area contributed by atoms with Gasteiger partial charge in [-0.25, -0.2) is 0 Å². The van der Waals surface area contributed by atoms with Crippen molar-refractivity contribution in [2.45, 2.75) is 25.4 Å². The molecular formula is C14H14N2O2. The topological polar surface area (TPSA) is 51.1 Å². The molecule has 0 saturated heterocycles. The predicted molar refractivity (Wildman–Crippen MR) is 68.5 cm³/mol. The second-order valence-electron chi connectivity index (χ2n) is 4.68. The summed E-state index contributed by atoms with van der Waals surface area (Å²) in [5, 5.41) is 3.85. The minimum absolute atomic E-state index is 0.0338. The van der Waals surface area contributed by atoms with E-state index in [1.807, 2.05) is 29.0 Å². The van der Waals surface area contributed by atoms with E-state index in [9.17, 15) is 9.59 Å². The van der Waals surface area contributed by atoms with Crippen molar-refractivity contribution in [3.05, 3.63) is 36.0 Å². The maximum atomic E-state index is 11.8. The van der Waals surface area contributed by atoms with Gasteiger partial charge in [0, 0.05) is 28.7 Å². The number of carbonyl (C=O) groups excluding carboxylic acids is 2. The zero-order chi connectivity index (χ0) is 12.5. The number of aromatic nitrogens is 1. The quantitative estimate of drug-likeness (QED) is 0.830. The summed E-state index contributed by atoms with van der Waals surface area (Å²) in [7, 11) is 0. The fourth-order valence-corrected chi connectivity index (χ4v) is 2.14. The molecule has 92 valence electrons. The summed E-state index contributed by atoms with van der Waals surface area (Å²) in [6, 6.07) is 7.80. The molecule has 1 N–H and O–H groups in total. The van der Waals surface area contributed by atoms with E-state index in [1.54, 1.807) is 6.07 Å². The lowest BCUT2D eigenvalue weighted by Crippen LogP contribution is -2.28. The Labute approximate surface area is 105 Å². The van der Waals surface area contributed by atoms with Crippen LogP contribution in [0.2, 0.25) is 0 Å². The third-order valence-electron chi connectivity index (χ3n) is 3.23. The molecule has 0 bridgehead atoms. The summed E-state index contributed by atoms with van der Waals surface area (Å²) >= 11 is 0. The van der Waals surface area contributed by atoms with Gasteiger partial charge in [0.25, 0.3) is 0 Å². The van der Waals surface area contributed by atoms with Crippen LogP contribution >= 0.6 is 0 Å². The van der Waals surface area contributed by atoms with Crippen LogP contribution in [-0.2, 0) is 11.3 Å². The number of hydrogen-bond acceptors (Lipinski definition) is 2. The highest BCUT2D eigenvalue weighted by Crippen LogP contribution is 2.20. The number of aldehydes is 1. The SMILES string of the molecule is O=Cc1cccc2c1ccn2CC(=O)NC1CC1. The molecular weight excluding hydrogens is 228 g/mol. The summed E-state index contributed by atoms with van der Waals surface area (Å²) in [6.45, 7) is 0.308. The monoisotopic (exact) mass is 242 g/mol. The smallest absolute Gasteiger partial charge is 0.240 e. The average molecular weight is 242 g/mol. The molecule has 18 heavy (non-hydrogen) atoms. The molecule has 1 amide bonds. The van der Waals surface area contributed by atoms with Crippen LogP contribution in [-0.4, -0.2) is 22.8 Å². The van der Waals surface area contributed by atoms with E-state index in [-0.39, 0.29) is 5.91 Å². The van der Waals surface area contributed by atoms with Gasteiger partial charge in [-0.15, -0.1) is 0 Å². The van der Waals surface area contributed by atoms with Gasteiger partial charge in [0.05, 0.1) is 0 Å². The van der Waals surface area contributed by atoms with Crippen molar-refractivity contribution in [1.29, 1.82) is 0 Å². The Bertz CT molecular complexity index is 611. The van der Waals surface area contributed by atoms with E-state index in [0.717, 1.165) is 30.0 Å². The van der Waals surface area contributed by atoms with Crippen LogP contribution in [0.5, 0.6) is 0 Å². The Kier molecular flexibility index (Phi) is 2.63. The number of rotatable bonds is 4.